The number of rotatable bonds is 4. The van der Waals surface area contributed by atoms with Gasteiger partial charge in [-0.25, -0.2) is 0 Å². The standard InChI is InChI=1S/C16H31N3/c1-2-8-18-10-5-14(6-11-18)17-15-7-12-19-9-3-4-16(19)13-15/h14-17H,2-13H2,1H3/t15-,16-/m0/s1. The van der Waals surface area contributed by atoms with Gasteiger partial charge in [0.2, 0.25) is 0 Å². The van der Waals surface area contributed by atoms with Crippen LogP contribution in [0.3, 0.4) is 0 Å². The third-order valence-corrected chi connectivity index (χ3v) is 5.42. The first-order valence-corrected chi connectivity index (χ1v) is 8.57. The summed E-state index contributed by atoms with van der Waals surface area (Å²) in [5, 5.41) is 3.98. The molecule has 0 aromatic carbocycles. The Balaban J connectivity index is 1.40. The summed E-state index contributed by atoms with van der Waals surface area (Å²) >= 11 is 0. The monoisotopic (exact) mass is 265 g/mol. The van der Waals surface area contributed by atoms with Crippen LogP contribution < -0.4 is 5.32 Å². The molecule has 3 heteroatoms. The van der Waals surface area contributed by atoms with Crippen molar-refractivity contribution in [3.63, 3.8) is 0 Å². The number of nitrogens with one attached hydrogen (secondary N) is 1. The van der Waals surface area contributed by atoms with E-state index in [2.05, 4.69) is 22.0 Å². The fraction of sp³-hybridized carbons (Fsp3) is 1.00. The van der Waals surface area contributed by atoms with Crippen LogP contribution in [0.1, 0.15) is 51.9 Å². The van der Waals surface area contributed by atoms with Crippen molar-refractivity contribution in [2.45, 2.75) is 70.0 Å². The SMILES string of the molecule is CCCN1CCC(N[C@H]2CCN3CCC[C@H]3C2)CC1. The van der Waals surface area contributed by atoms with Crippen molar-refractivity contribution in [1.29, 1.82) is 0 Å². The van der Waals surface area contributed by atoms with E-state index in [1.54, 1.807) is 0 Å². The van der Waals surface area contributed by atoms with Crippen LogP contribution in [0.25, 0.3) is 0 Å². The van der Waals surface area contributed by atoms with Crippen LogP contribution in [-0.2, 0) is 0 Å². The van der Waals surface area contributed by atoms with Gasteiger partial charge in [-0.05, 0) is 77.7 Å². The van der Waals surface area contributed by atoms with Crippen LogP contribution in [0.15, 0.2) is 0 Å². The average Bonchev–Trinajstić information content (AvgIpc) is 2.89. The van der Waals surface area contributed by atoms with Gasteiger partial charge in [0.25, 0.3) is 0 Å². The van der Waals surface area contributed by atoms with Gasteiger partial charge in [-0.1, -0.05) is 6.92 Å². The van der Waals surface area contributed by atoms with E-state index >= 15 is 0 Å². The normalized spacial score (nSPS) is 34.6. The van der Waals surface area contributed by atoms with E-state index in [-0.39, 0.29) is 0 Å². The molecule has 1 N–H and O–H groups in total. The molecule has 0 unspecified atom stereocenters. The van der Waals surface area contributed by atoms with Gasteiger partial charge in [0.15, 0.2) is 0 Å². The van der Waals surface area contributed by atoms with Crippen molar-refractivity contribution < 1.29 is 0 Å². The second-order valence-electron chi connectivity index (χ2n) is 6.84. The topological polar surface area (TPSA) is 18.5 Å². The zero-order valence-electron chi connectivity index (χ0n) is 12.6. The molecule has 2 atom stereocenters. The van der Waals surface area contributed by atoms with Crippen molar-refractivity contribution >= 4 is 0 Å². The van der Waals surface area contributed by atoms with Crippen LogP contribution in [0.2, 0.25) is 0 Å². The Morgan fingerprint density at radius 1 is 0.947 bits per heavy atom. The van der Waals surface area contributed by atoms with E-state index < -0.39 is 0 Å². The highest BCUT2D eigenvalue weighted by molar-refractivity contribution is 4.91. The minimum Gasteiger partial charge on any atom is -0.311 e. The lowest BCUT2D eigenvalue weighted by Gasteiger charge is -2.39. The van der Waals surface area contributed by atoms with Gasteiger partial charge in [-0.3, -0.25) is 0 Å². The molecule has 3 rings (SSSR count). The molecule has 19 heavy (non-hydrogen) atoms. The van der Waals surface area contributed by atoms with E-state index in [9.17, 15) is 0 Å². The maximum Gasteiger partial charge on any atom is 0.0111 e. The summed E-state index contributed by atoms with van der Waals surface area (Å²) < 4.78 is 0. The first-order valence-electron chi connectivity index (χ1n) is 8.57. The third kappa shape index (κ3) is 3.50. The Morgan fingerprint density at radius 2 is 1.74 bits per heavy atom. The number of piperidine rings is 2. The minimum absolute atomic E-state index is 0.797. The van der Waals surface area contributed by atoms with Crippen molar-refractivity contribution in [1.82, 2.24) is 15.1 Å². The maximum atomic E-state index is 3.98. The van der Waals surface area contributed by atoms with E-state index in [1.165, 1.54) is 77.7 Å². The lowest BCUT2D eigenvalue weighted by atomic mass is 9.95. The summed E-state index contributed by atoms with van der Waals surface area (Å²) in [4.78, 5) is 5.36. The molecule has 3 aliphatic heterocycles. The largest absolute Gasteiger partial charge is 0.311 e. The molecule has 0 radical (unpaired) electrons. The van der Waals surface area contributed by atoms with E-state index in [0.29, 0.717) is 0 Å². The van der Waals surface area contributed by atoms with Gasteiger partial charge in [-0.2, -0.15) is 0 Å². The van der Waals surface area contributed by atoms with Crippen molar-refractivity contribution in [3.8, 4) is 0 Å². The van der Waals surface area contributed by atoms with E-state index in [4.69, 9.17) is 0 Å². The Kier molecular flexibility index (Phi) is 4.78. The second-order valence-corrected chi connectivity index (χ2v) is 6.84. The van der Waals surface area contributed by atoms with E-state index in [1.807, 2.05) is 0 Å². The predicted octanol–water partition coefficient (Wildman–Crippen LogP) is 2.08. The van der Waals surface area contributed by atoms with Gasteiger partial charge in [0.05, 0.1) is 0 Å². The molecule has 0 saturated carbocycles. The molecule has 0 aliphatic carbocycles. The van der Waals surface area contributed by atoms with Gasteiger partial charge < -0.3 is 15.1 Å². The molecular weight excluding hydrogens is 234 g/mol. The van der Waals surface area contributed by atoms with Crippen LogP contribution in [0, 0.1) is 0 Å². The summed E-state index contributed by atoms with van der Waals surface area (Å²) in [7, 11) is 0. The molecule has 3 heterocycles. The Hall–Kier alpha value is -0.120. The number of fused-ring (bicyclic) bond motifs is 1. The first kappa shape index (κ1) is 13.8. The smallest absolute Gasteiger partial charge is 0.0111 e. The van der Waals surface area contributed by atoms with Gasteiger partial charge in [-0.15, -0.1) is 0 Å². The highest BCUT2D eigenvalue weighted by Gasteiger charge is 2.32. The highest BCUT2D eigenvalue weighted by Crippen LogP contribution is 2.27. The molecule has 3 saturated heterocycles. The third-order valence-electron chi connectivity index (χ3n) is 5.42. The number of likely N-dealkylation sites (tertiary alicyclic amines) is 1. The summed E-state index contributed by atoms with van der Waals surface area (Å²) in [5.74, 6) is 0. The molecule has 0 spiro atoms. The van der Waals surface area contributed by atoms with Gasteiger partial charge >= 0.3 is 0 Å². The highest BCUT2D eigenvalue weighted by atomic mass is 15.2. The molecular formula is C16H31N3. The van der Waals surface area contributed by atoms with Crippen molar-refractivity contribution in [3.05, 3.63) is 0 Å². The average molecular weight is 265 g/mol. The zero-order chi connectivity index (χ0) is 13.1. The molecule has 0 amide bonds. The second kappa shape index (κ2) is 6.55. The number of hydrogen-bond acceptors (Lipinski definition) is 3. The number of nitrogens with zero attached hydrogens (tertiary/aromatic N) is 2. The summed E-state index contributed by atoms with van der Waals surface area (Å²) in [6.45, 7) is 8.93. The molecule has 3 fully saturated rings. The van der Waals surface area contributed by atoms with Crippen molar-refractivity contribution in [2.24, 2.45) is 0 Å². The van der Waals surface area contributed by atoms with Crippen LogP contribution in [0.4, 0.5) is 0 Å². The van der Waals surface area contributed by atoms with Crippen LogP contribution in [0.5, 0.6) is 0 Å². The Bertz CT molecular complexity index is 273. The van der Waals surface area contributed by atoms with Crippen LogP contribution >= 0.6 is 0 Å². The molecule has 0 aromatic heterocycles. The predicted molar refractivity (Wildman–Crippen MR) is 80.5 cm³/mol. The summed E-state index contributed by atoms with van der Waals surface area (Å²) in [6.07, 6.45) is 9.72. The fourth-order valence-corrected chi connectivity index (χ4v) is 4.35. The molecule has 3 aliphatic rings. The van der Waals surface area contributed by atoms with Gasteiger partial charge in [0.1, 0.15) is 0 Å². The minimum atomic E-state index is 0.797. The maximum absolute atomic E-state index is 3.98. The van der Waals surface area contributed by atoms with E-state index in [0.717, 1.165) is 18.1 Å². The lowest BCUT2D eigenvalue weighted by Crippen LogP contribution is -2.51. The molecule has 0 aromatic rings. The van der Waals surface area contributed by atoms with Crippen molar-refractivity contribution in [2.75, 3.05) is 32.7 Å². The molecule has 0 bridgehead atoms. The fourth-order valence-electron chi connectivity index (χ4n) is 4.35. The molecule has 110 valence electrons. The quantitative estimate of drug-likeness (QED) is 0.839. The number of hydrogen-bond donors (Lipinski definition) is 1. The Labute approximate surface area is 118 Å². The summed E-state index contributed by atoms with van der Waals surface area (Å²) in [5.41, 5.74) is 0. The molecule has 3 nitrogen and oxygen atoms in total. The van der Waals surface area contributed by atoms with Gasteiger partial charge in [0, 0.05) is 18.1 Å². The lowest BCUT2D eigenvalue weighted by molar-refractivity contribution is 0.141. The zero-order valence-corrected chi connectivity index (χ0v) is 12.6. The van der Waals surface area contributed by atoms with Crippen LogP contribution in [-0.4, -0.2) is 60.6 Å². The summed E-state index contributed by atoms with van der Waals surface area (Å²) in [6, 6.07) is 2.51. The first-order chi connectivity index (χ1) is 9.35. The Morgan fingerprint density at radius 3 is 2.53 bits per heavy atom.